The van der Waals surface area contributed by atoms with Crippen LogP contribution in [0.3, 0.4) is 0 Å². The zero-order chi connectivity index (χ0) is 49.2. The summed E-state index contributed by atoms with van der Waals surface area (Å²) in [7, 11) is 0. The van der Waals surface area contributed by atoms with E-state index in [0.29, 0.717) is 0 Å². The van der Waals surface area contributed by atoms with Gasteiger partial charge in [0.2, 0.25) is 0 Å². The van der Waals surface area contributed by atoms with Crippen molar-refractivity contribution in [1.82, 2.24) is 0 Å². The van der Waals surface area contributed by atoms with Crippen LogP contribution in [0.2, 0.25) is 0 Å². The maximum atomic E-state index is 13.9. The van der Waals surface area contributed by atoms with E-state index in [1.165, 1.54) is 0 Å². The Kier molecular flexibility index (Phi) is 15.9. The lowest BCUT2D eigenvalue weighted by atomic mass is 9.88. The predicted molar refractivity (Wildman–Crippen MR) is 131 cm³/mol. The van der Waals surface area contributed by atoms with Crippen molar-refractivity contribution in [3.63, 3.8) is 0 Å². The number of aliphatic hydroxyl groups excluding tert-OH is 1. The number of rotatable bonds is 22. The summed E-state index contributed by atoms with van der Waals surface area (Å²) in [6.45, 7) is 0. The van der Waals surface area contributed by atoms with Crippen molar-refractivity contribution in [3.05, 3.63) is 0 Å². The van der Waals surface area contributed by atoms with Crippen LogP contribution >= 0.6 is 23.5 Å². The lowest BCUT2D eigenvalue weighted by Gasteiger charge is -2.42. The molecule has 0 spiro atoms. The van der Waals surface area contributed by atoms with Crippen LogP contribution in [0.1, 0.15) is 12.8 Å². The van der Waals surface area contributed by atoms with Crippen LogP contribution in [-0.4, -0.2) is 129 Å². The number of aliphatic hydroxyl groups is 1. The van der Waals surface area contributed by atoms with Crippen molar-refractivity contribution in [1.29, 1.82) is 0 Å². The highest BCUT2D eigenvalue weighted by Gasteiger charge is 2.96. The van der Waals surface area contributed by atoms with Crippen LogP contribution in [-0.2, 0) is 0 Å². The fraction of sp³-hybridized carbons (Fsp3) is 1.00. The topological polar surface area (TPSA) is 20.2 Å². The van der Waals surface area contributed by atoms with Gasteiger partial charge in [-0.1, -0.05) is 0 Å². The van der Waals surface area contributed by atoms with Crippen LogP contribution in [0.15, 0.2) is 0 Å². The summed E-state index contributed by atoms with van der Waals surface area (Å²) >= 11 is -0.977. The van der Waals surface area contributed by atoms with Gasteiger partial charge in [-0.05, 0) is 11.5 Å². The molecule has 1 nitrogen and oxygen atoms in total. The van der Waals surface area contributed by atoms with Gasteiger partial charge in [0.1, 0.15) is 0 Å². The third-order valence-electron chi connectivity index (χ3n) is 7.32. The third kappa shape index (κ3) is 8.74. The Bertz CT molecular complexity index is 1340. The molecule has 0 aromatic heterocycles. The first-order chi connectivity index (χ1) is 25.6. The first-order valence-corrected chi connectivity index (χ1v) is 16.2. The van der Waals surface area contributed by atoms with Crippen molar-refractivity contribution in [2.45, 2.75) is 114 Å². The van der Waals surface area contributed by atoms with E-state index in [2.05, 4.69) is 0 Å². The molecule has 1 N–H and O–H groups in total. The van der Waals surface area contributed by atoms with E-state index in [9.17, 15) is 154 Å². The summed E-state index contributed by atoms with van der Waals surface area (Å²) in [5.74, 6) is -124. The summed E-state index contributed by atoms with van der Waals surface area (Å²) in [4.78, 5) is 0. The Morgan fingerprint density at radius 1 is 0.267 bits per heavy atom. The van der Waals surface area contributed by atoms with Gasteiger partial charge in [0.05, 0.1) is 6.10 Å². The zero-order valence-electron chi connectivity index (χ0n) is 26.9. The lowest BCUT2D eigenvalue weighted by molar-refractivity contribution is -0.461. The number of alkyl halides is 34. The summed E-state index contributed by atoms with van der Waals surface area (Å²) < 4.78 is 452. The molecule has 362 valence electrons. The molecule has 0 unspecified atom stereocenters. The van der Waals surface area contributed by atoms with Crippen LogP contribution in [0.25, 0.3) is 0 Å². The summed E-state index contributed by atoms with van der Waals surface area (Å²) in [5, 5.41) is 9.53. The van der Waals surface area contributed by atoms with Gasteiger partial charge < -0.3 is 5.11 Å². The van der Waals surface area contributed by atoms with E-state index in [1.807, 2.05) is 0 Å². The predicted octanol–water partition coefficient (Wildman–Crippen LogP) is 12.6. The van der Waals surface area contributed by atoms with E-state index < -0.39 is 161 Å². The fourth-order valence-electron chi connectivity index (χ4n) is 3.59. The van der Waals surface area contributed by atoms with Gasteiger partial charge in [0, 0.05) is 24.3 Å². The van der Waals surface area contributed by atoms with Crippen molar-refractivity contribution in [2.75, 3.05) is 23.0 Å². The SMILES string of the molecule is OC(CSCCC(F)(F)C(F)(F)C(F)(F)C(F)(F)C(F)(F)C(F)(F)C(F)(F)C(F)(F)F)CSCCC(F)(F)C(F)(F)C(F)(F)C(F)(F)C(F)(F)C(F)(F)C(F)(F)C(F)(F)F. The molecule has 0 fully saturated rings. The summed E-state index contributed by atoms with van der Waals surface area (Å²) in [5.41, 5.74) is 0. The number of hydrogen-bond donors (Lipinski definition) is 1. The van der Waals surface area contributed by atoms with Gasteiger partial charge >= 0.3 is 95.3 Å². The molecule has 0 radical (unpaired) electrons. The molecule has 60 heavy (non-hydrogen) atoms. The minimum absolute atomic E-state index is 0.489. The fourth-order valence-corrected chi connectivity index (χ4v) is 5.66. The first-order valence-electron chi connectivity index (χ1n) is 13.9. The molecular formula is C23H14F34OS2. The van der Waals surface area contributed by atoms with Gasteiger partial charge in [-0.3, -0.25) is 0 Å². The molecule has 0 saturated carbocycles. The molecule has 0 aromatic rings. The minimum Gasteiger partial charge on any atom is -0.391 e. The van der Waals surface area contributed by atoms with Crippen molar-refractivity contribution >= 4 is 23.5 Å². The number of halogens is 34. The van der Waals surface area contributed by atoms with E-state index in [1.54, 1.807) is 0 Å². The average molecular weight is 1020 g/mol. The minimum atomic E-state index is -8.92. The Hall–Kier alpha value is -1.72. The third-order valence-corrected chi connectivity index (χ3v) is 9.54. The van der Waals surface area contributed by atoms with Crippen molar-refractivity contribution in [3.8, 4) is 0 Å². The first kappa shape index (κ1) is 58.3. The second kappa shape index (κ2) is 16.4. The average Bonchev–Trinajstić information content (AvgIpc) is 3.02. The normalized spacial score (nSPS) is 16.6. The molecule has 0 aromatic carbocycles. The molecule has 0 rings (SSSR count). The van der Waals surface area contributed by atoms with Gasteiger partial charge in [-0.25, -0.2) is 0 Å². The maximum Gasteiger partial charge on any atom is 0.460 e. The number of hydrogen-bond acceptors (Lipinski definition) is 3. The molecular weight excluding hydrogens is 1000 g/mol. The maximum absolute atomic E-state index is 13.9. The molecule has 0 aliphatic heterocycles. The van der Waals surface area contributed by atoms with Crippen LogP contribution in [0.5, 0.6) is 0 Å². The van der Waals surface area contributed by atoms with Crippen molar-refractivity contribution < 1.29 is 154 Å². The standard InChI is InChI=1S/C23H14F34OS2/c24-8(25,10(28,29)12(32,33)14(36,37)16(40,41)18(44,45)20(48,49)22(52,53)54)1-3-59-5-7(58)6-60-4-2-9(26,27)11(30,31)13(34,35)15(38,39)17(42,43)19(46,47)21(50,51)23(55,56)57/h7,58H,1-6H2. The van der Waals surface area contributed by atoms with Crippen LogP contribution in [0.4, 0.5) is 149 Å². The van der Waals surface area contributed by atoms with Gasteiger partial charge in [-0.15, -0.1) is 0 Å². The zero-order valence-corrected chi connectivity index (χ0v) is 28.6. The Labute approximate surface area is 315 Å². The molecule has 37 heteroatoms. The summed E-state index contributed by atoms with van der Waals surface area (Å²) in [6, 6.07) is 0. The molecule has 0 bridgehead atoms. The smallest absolute Gasteiger partial charge is 0.391 e. The second-order valence-electron chi connectivity index (χ2n) is 11.6. The second-order valence-corrected chi connectivity index (χ2v) is 13.9. The largest absolute Gasteiger partial charge is 0.460 e. The monoisotopic (exact) mass is 1020 g/mol. The highest BCUT2D eigenvalue weighted by molar-refractivity contribution is 8.00. The highest BCUT2D eigenvalue weighted by atomic mass is 32.2. The quantitative estimate of drug-likeness (QED) is 0.0862. The van der Waals surface area contributed by atoms with E-state index >= 15 is 0 Å². The van der Waals surface area contributed by atoms with Crippen LogP contribution in [0, 0.1) is 0 Å². The molecule has 0 atom stereocenters. The highest BCUT2D eigenvalue weighted by Crippen LogP contribution is 2.66. The lowest BCUT2D eigenvalue weighted by Crippen LogP contribution is -2.74. The Morgan fingerprint density at radius 3 is 0.617 bits per heavy atom. The van der Waals surface area contributed by atoms with Crippen molar-refractivity contribution in [2.24, 2.45) is 0 Å². The Balaban J connectivity index is 5.80. The number of thioether (sulfide) groups is 2. The summed E-state index contributed by atoms with van der Waals surface area (Å²) in [6.07, 6.45) is -24.4. The van der Waals surface area contributed by atoms with E-state index in [4.69, 9.17) is 0 Å². The Morgan fingerprint density at radius 2 is 0.433 bits per heavy atom. The molecule has 0 saturated heterocycles. The van der Waals surface area contributed by atoms with E-state index in [0.717, 1.165) is 0 Å². The van der Waals surface area contributed by atoms with Gasteiger partial charge in [0.15, 0.2) is 0 Å². The molecule has 0 amide bonds. The molecule has 0 aliphatic carbocycles. The van der Waals surface area contributed by atoms with Crippen LogP contribution < -0.4 is 0 Å². The van der Waals surface area contributed by atoms with Gasteiger partial charge in [0.25, 0.3) is 0 Å². The van der Waals surface area contributed by atoms with Gasteiger partial charge in [-0.2, -0.15) is 173 Å². The molecule has 0 aliphatic rings. The van der Waals surface area contributed by atoms with E-state index in [-0.39, 0.29) is 0 Å². The molecule has 0 heterocycles.